The Balaban J connectivity index is 1.96. The van der Waals surface area contributed by atoms with Crippen molar-refractivity contribution in [1.82, 2.24) is 0 Å². The molecule has 1 aromatic carbocycles. The summed E-state index contributed by atoms with van der Waals surface area (Å²) in [4.78, 5) is 22.6. The third kappa shape index (κ3) is 2.27. The second-order valence-electron chi connectivity index (χ2n) is 3.83. The van der Waals surface area contributed by atoms with Crippen LogP contribution in [0.1, 0.15) is 23.2 Å². The molecule has 1 aromatic rings. The third-order valence-electron chi connectivity index (χ3n) is 2.80. The van der Waals surface area contributed by atoms with Crippen LogP contribution in [-0.4, -0.2) is 21.4 Å². The summed E-state index contributed by atoms with van der Waals surface area (Å²) >= 11 is 1.16. The summed E-state index contributed by atoms with van der Waals surface area (Å²) in [5.41, 5.74) is 0.642. The Morgan fingerprint density at radius 3 is 2.38 bits per heavy atom. The first-order chi connectivity index (χ1) is 7.68. The molecule has 0 aliphatic heterocycles. The maximum atomic E-state index is 11.8. The van der Waals surface area contributed by atoms with Crippen LogP contribution in [0.15, 0.2) is 30.3 Å². The average molecular weight is 236 g/mol. The molecule has 4 heteroatoms. The fourth-order valence-electron chi connectivity index (χ4n) is 1.67. The smallest absolute Gasteiger partial charge is 0.307 e. The molecule has 0 aromatic heterocycles. The second-order valence-corrected chi connectivity index (χ2v) is 5.04. The summed E-state index contributed by atoms with van der Waals surface area (Å²) in [6.07, 6.45) is 1.51. The van der Waals surface area contributed by atoms with E-state index in [9.17, 15) is 9.59 Å². The van der Waals surface area contributed by atoms with Gasteiger partial charge in [0.2, 0.25) is 5.12 Å². The van der Waals surface area contributed by atoms with Crippen LogP contribution < -0.4 is 0 Å². The van der Waals surface area contributed by atoms with Crippen molar-refractivity contribution in [1.29, 1.82) is 0 Å². The van der Waals surface area contributed by atoms with Crippen LogP contribution in [0.5, 0.6) is 0 Å². The topological polar surface area (TPSA) is 54.4 Å². The van der Waals surface area contributed by atoms with Gasteiger partial charge in [-0.3, -0.25) is 9.59 Å². The zero-order valence-electron chi connectivity index (χ0n) is 8.63. The van der Waals surface area contributed by atoms with E-state index in [1.807, 2.05) is 18.2 Å². The molecule has 0 bridgehead atoms. The van der Waals surface area contributed by atoms with Crippen molar-refractivity contribution in [2.45, 2.75) is 18.1 Å². The maximum Gasteiger partial charge on any atom is 0.307 e. The van der Waals surface area contributed by atoms with Crippen LogP contribution in [-0.2, 0) is 4.79 Å². The molecule has 1 aliphatic carbocycles. The predicted octanol–water partition coefficient (Wildman–Crippen LogP) is 2.42. The molecular weight excluding hydrogens is 224 g/mol. The van der Waals surface area contributed by atoms with Crippen molar-refractivity contribution in [3.05, 3.63) is 35.9 Å². The van der Waals surface area contributed by atoms with Gasteiger partial charge < -0.3 is 5.11 Å². The zero-order valence-corrected chi connectivity index (χ0v) is 9.44. The first kappa shape index (κ1) is 11.2. The lowest BCUT2D eigenvalue weighted by Gasteiger charge is -2.31. The van der Waals surface area contributed by atoms with Gasteiger partial charge in [0.05, 0.1) is 5.92 Å². The van der Waals surface area contributed by atoms with Gasteiger partial charge in [-0.15, -0.1) is 0 Å². The van der Waals surface area contributed by atoms with Gasteiger partial charge in [0.15, 0.2) is 0 Å². The van der Waals surface area contributed by atoms with Crippen LogP contribution in [0, 0.1) is 5.92 Å². The Labute approximate surface area is 97.9 Å². The van der Waals surface area contributed by atoms with Gasteiger partial charge in [-0.05, 0) is 12.8 Å². The standard InChI is InChI=1S/C12H12O3S/c13-11(14)9-6-7-10(9)16-12(15)8-4-2-1-3-5-8/h1-5,9-10H,6-7H2,(H,13,14)/t9-,10-/m1/s1. The van der Waals surface area contributed by atoms with Crippen LogP contribution in [0.3, 0.4) is 0 Å². The monoisotopic (exact) mass is 236 g/mol. The Bertz CT molecular complexity index is 402. The Morgan fingerprint density at radius 1 is 1.19 bits per heavy atom. The van der Waals surface area contributed by atoms with Crippen molar-refractivity contribution in [2.75, 3.05) is 0 Å². The number of aliphatic carboxylic acids is 1. The Hall–Kier alpha value is -1.29. The van der Waals surface area contributed by atoms with Gasteiger partial charge >= 0.3 is 5.97 Å². The average Bonchev–Trinajstić information content (AvgIpc) is 2.24. The van der Waals surface area contributed by atoms with Crippen LogP contribution in [0.25, 0.3) is 0 Å². The van der Waals surface area contributed by atoms with Crippen LogP contribution in [0.2, 0.25) is 0 Å². The molecule has 3 nitrogen and oxygen atoms in total. The molecule has 0 radical (unpaired) electrons. The Morgan fingerprint density at radius 2 is 1.88 bits per heavy atom. The summed E-state index contributed by atoms with van der Waals surface area (Å²) in [5.74, 6) is -1.14. The minimum absolute atomic E-state index is 0.0310. The van der Waals surface area contributed by atoms with E-state index in [0.717, 1.165) is 18.2 Å². The quantitative estimate of drug-likeness (QED) is 0.875. The van der Waals surface area contributed by atoms with Gasteiger partial charge in [-0.25, -0.2) is 0 Å². The highest BCUT2D eigenvalue weighted by atomic mass is 32.2. The second kappa shape index (κ2) is 4.70. The van der Waals surface area contributed by atoms with Crippen molar-refractivity contribution >= 4 is 22.8 Å². The lowest BCUT2D eigenvalue weighted by atomic mass is 9.85. The van der Waals surface area contributed by atoms with Crippen LogP contribution in [0.4, 0.5) is 0 Å². The van der Waals surface area contributed by atoms with Gasteiger partial charge in [0, 0.05) is 10.8 Å². The molecule has 1 N–H and O–H groups in total. The van der Waals surface area contributed by atoms with Crippen molar-refractivity contribution in [3.63, 3.8) is 0 Å². The van der Waals surface area contributed by atoms with E-state index in [1.54, 1.807) is 12.1 Å². The number of benzene rings is 1. The highest BCUT2D eigenvalue weighted by Crippen LogP contribution is 2.39. The molecule has 0 saturated heterocycles. The lowest BCUT2D eigenvalue weighted by molar-refractivity contribution is -0.144. The molecule has 16 heavy (non-hydrogen) atoms. The molecule has 0 unspecified atom stereocenters. The van der Waals surface area contributed by atoms with Gasteiger partial charge in [-0.2, -0.15) is 0 Å². The molecular formula is C12H12O3S. The SMILES string of the molecule is O=C(S[C@@H]1CC[C@H]1C(=O)O)c1ccccc1. The normalized spacial score (nSPS) is 23.5. The highest BCUT2D eigenvalue weighted by molar-refractivity contribution is 8.14. The van der Waals surface area contributed by atoms with E-state index in [2.05, 4.69) is 0 Å². The van der Waals surface area contributed by atoms with E-state index in [0.29, 0.717) is 12.0 Å². The van der Waals surface area contributed by atoms with Gasteiger partial charge in [0.1, 0.15) is 0 Å². The largest absolute Gasteiger partial charge is 0.481 e. The summed E-state index contributed by atoms with van der Waals surface area (Å²) in [5, 5.41) is 8.78. The molecule has 0 heterocycles. The van der Waals surface area contributed by atoms with Gasteiger partial charge in [0.25, 0.3) is 0 Å². The van der Waals surface area contributed by atoms with E-state index in [1.165, 1.54) is 0 Å². The first-order valence-electron chi connectivity index (χ1n) is 5.17. The predicted molar refractivity (Wildman–Crippen MR) is 62.5 cm³/mol. The van der Waals surface area contributed by atoms with E-state index in [4.69, 9.17) is 5.11 Å². The molecule has 84 valence electrons. The summed E-state index contributed by atoms with van der Waals surface area (Å²) < 4.78 is 0. The number of hydrogen-bond donors (Lipinski definition) is 1. The molecule has 1 saturated carbocycles. The summed E-state index contributed by atoms with van der Waals surface area (Å²) in [7, 11) is 0. The minimum atomic E-state index is -0.787. The molecule has 2 atom stereocenters. The van der Waals surface area contributed by atoms with Crippen molar-refractivity contribution < 1.29 is 14.7 Å². The van der Waals surface area contributed by atoms with Crippen LogP contribution >= 0.6 is 11.8 Å². The molecule has 0 amide bonds. The summed E-state index contributed by atoms with van der Waals surface area (Å²) in [6, 6.07) is 8.98. The van der Waals surface area contributed by atoms with Crippen molar-refractivity contribution in [2.24, 2.45) is 5.92 Å². The molecule has 1 fully saturated rings. The Kier molecular flexibility index (Phi) is 3.29. The molecule has 1 aliphatic rings. The number of carboxylic acids is 1. The number of rotatable bonds is 3. The van der Waals surface area contributed by atoms with E-state index < -0.39 is 5.97 Å². The van der Waals surface area contributed by atoms with E-state index in [-0.39, 0.29) is 16.3 Å². The maximum absolute atomic E-state index is 11.8. The number of hydrogen-bond acceptors (Lipinski definition) is 3. The number of carboxylic acid groups (broad SMARTS) is 1. The number of carbonyl (C=O) groups excluding carboxylic acids is 1. The lowest BCUT2D eigenvalue weighted by Crippen LogP contribution is -2.36. The number of thioether (sulfide) groups is 1. The van der Waals surface area contributed by atoms with Crippen molar-refractivity contribution in [3.8, 4) is 0 Å². The van der Waals surface area contributed by atoms with Gasteiger partial charge in [-0.1, -0.05) is 42.1 Å². The number of carbonyl (C=O) groups is 2. The molecule has 2 rings (SSSR count). The fourth-order valence-corrected chi connectivity index (χ4v) is 2.89. The minimum Gasteiger partial charge on any atom is -0.481 e. The zero-order chi connectivity index (χ0) is 11.5. The molecule has 0 spiro atoms. The summed E-state index contributed by atoms with van der Waals surface area (Å²) in [6.45, 7) is 0. The third-order valence-corrected chi connectivity index (χ3v) is 4.11. The fraction of sp³-hybridized carbons (Fsp3) is 0.333. The van der Waals surface area contributed by atoms with E-state index >= 15 is 0 Å². The first-order valence-corrected chi connectivity index (χ1v) is 6.05. The highest BCUT2D eigenvalue weighted by Gasteiger charge is 2.38.